The molecule has 0 aromatic heterocycles. The number of anilines is 1. The van der Waals surface area contributed by atoms with E-state index in [1.807, 2.05) is 0 Å². The number of hydrogen-bond acceptors (Lipinski definition) is 5. The standard InChI is InChI=1S/C27H24Cl3N3O6/c28-17-6-3-4-15(12-17)13-23(36)32-19-10-9-18(29)24(25(19)30)26(37)33-20(27(38)39)14-31-22(35)11-8-16-5-1-2-7-21(16)34/h1-7,9-10,12,20,34H,8,11,13-14H2,(H,31,35)(H,32,36)(H,33,37)(H,38,39)/t20-/m0/s1. The van der Waals surface area contributed by atoms with Gasteiger partial charge in [-0.15, -0.1) is 0 Å². The largest absolute Gasteiger partial charge is 0.508 e. The Hall–Kier alpha value is -3.79. The summed E-state index contributed by atoms with van der Waals surface area (Å²) in [6.45, 7) is -0.411. The van der Waals surface area contributed by atoms with Crippen molar-refractivity contribution in [2.24, 2.45) is 0 Å². The maximum atomic E-state index is 12.9. The van der Waals surface area contributed by atoms with Gasteiger partial charge in [-0.05, 0) is 47.9 Å². The summed E-state index contributed by atoms with van der Waals surface area (Å²) in [5.74, 6) is -3.16. The highest BCUT2D eigenvalue weighted by Crippen LogP contribution is 2.32. The number of carboxylic acids is 1. The Morgan fingerprint density at radius 1 is 0.897 bits per heavy atom. The maximum absolute atomic E-state index is 12.9. The van der Waals surface area contributed by atoms with E-state index in [2.05, 4.69) is 16.0 Å². The van der Waals surface area contributed by atoms with E-state index in [4.69, 9.17) is 34.8 Å². The number of aromatic hydroxyl groups is 1. The number of carboxylic acid groups (broad SMARTS) is 1. The molecule has 0 heterocycles. The zero-order chi connectivity index (χ0) is 28.5. The van der Waals surface area contributed by atoms with Gasteiger partial charge in [-0.3, -0.25) is 14.4 Å². The first-order chi connectivity index (χ1) is 18.5. The van der Waals surface area contributed by atoms with E-state index >= 15 is 0 Å². The second kappa shape index (κ2) is 13.8. The average Bonchev–Trinajstić information content (AvgIpc) is 2.87. The van der Waals surface area contributed by atoms with Gasteiger partial charge in [0.05, 0.1) is 27.7 Å². The van der Waals surface area contributed by atoms with Gasteiger partial charge < -0.3 is 26.2 Å². The van der Waals surface area contributed by atoms with Gasteiger partial charge in [0, 0.05) is 18.0 Å². The minimum atomic E-state index is -1.50. The molecule has 0 bridgehead atoms. The smallest absolute Gasteiger partial charge is 0.328 e. The Bertz CT molecular complexity index is 1400. The van der Waals surface area contributed by atoms with E-state index in [1.165, 1.54) is 18.2 Å². The molecule has 0 spiro atoms. The molecular weight excluding hydrogens is 569 g/mol. The topological polar surface area (TPSA) is 145 Å². The van der Waals surface area contributed by atoms with Crippen molar-refractivity contribution < 1.29 is 29.4 Å². The van der Waals surface area contributed by atoms with Crippen LogP contribution in [0.15, 0.2) is 60.7 Å². The summed E-state index contributed by atoms with van der Waals surface area (Å²) in [6.07, 6.45) is 0.224. The van der Waals surface area contributed by atoms with Crippen molar-refractivity contribution in [2.45, 2.75) is 25.3 Å². The molecule has 0 radical (unpaired) electrons. The lowest BCUT2D eigenvalue weighted by atomic mass is 10.1. The van der Waals surface area contributed by atoms with Crippen LogP contribution in [0.3, 0.4) is 0 Å². The van der Waals surface area contributed by atoms with Crippen LogP contribution in [0, 0.1) is 0 Å². The van der Waals surface area contributed by atoms with Crippen LogP contribution in [-0.4, -0.2) is 46.5 Å². The van der Waals surface area contributed by atoms with E-state index in [0.717, 1.165) is 0 Å². The lowest BCUT2D eigenvalue weighted by Gasteiger charge is -2.18. The molecule has 204 valence electrons. The van der Waals surface area contributed by atoms with Crippen molar-refractivity contribution in [3.63, 3.8) is 0 Å². The molecule has 12 heteroatoms. The number of carbonyl (C=O) groups is 4. The minimum absolute atomic E-state index is 0.00750. The quantitative estimate of drug-likeness (QED) is 0.222. The summed E-state index contributed by atoms with van der Waals surface area (Å²) >= 11 is 18.5. The Kier molecular flexibility index (Phi) is 10.6. The van der Waals surface area contributed by atoms with Crippen molar-refractivity contribution >= 4 is 64.2 Å². The molecule has 39 heavy (non-hydrogen) atoms. The van der Waals surface area contributed by atoms with Crippen molar-refractivity contribution in [3.8, 4) is 5.75 Å². The minimum Gasteiger partial charge on any atom is -0.508 e. The number of hydrogen-bond donors (Lipinski definition) is 5. The van der Waals surface area contributed by atoms with Crippen LogP contribution < -0.4 is 16.0 Å². The first-order valence-electron chi connectivity index (χ1n) is 11.6. The summed E-state index contributed by atoms with van der Waals surface area (Å²) in [6, 6.07) is 14.5. The number of amides is 3. The van der Waals surface area contributed by atoms with Gasteiger partial charge in [0.1, 0.15) is 11.8 Å². The molecule has 0 aliphatic rings. The van der Waals surface area contributed by atoms with Crippen LogP contribution in [0.25, 0.3) is 0 Å². The van der Waals surface area contributed by atoms with Crippen LogP contribution >= 0.6 is 34.8 Å². The van der Waals surface area contributed by atoms with E-state index in [9.17, 15) is 29.4 Å². The molecule has 0 aliphatic carbocycles. The van der Waals surface area contributed by atoms with E-state index in [0.29, 0.717) is 16.1 Å². The molecule has 3 amide bonds. The molecule has 0 saturated carbocycles. The lowest BCUT2D eigenvalue weighted by molar-refractivity contribution is -0.139. The maximum Gasteiger partial charge on any atom is 0.328 e. The number of rotatable bonds is 11. The van der Waals surface area contributed by atoms with Crippen molar-refractivity contribution in [2.75, 3.05) is 11.9 Å². The predicted molar refractivity (Wildman–Crippen MR) is 149 cm³/mol. The molecule has 3 rings (SSSR count). The number of aliphatic carboxylic acids is 1. The fourth-order valence-corrected chi connectivity index (χ4v) is 4.39. The predicted octanol–water partition coefficient (Wildman–Crippen LogP) is 4.47. The van der Waals surface area contributed by atoms with Gasteiger partial charge >= 0.3 is 5.97 Å². The molecule has 1 atom stereocenters. The molecule has 0 fully saturated rings. The number of halogens is 3. The van der Waals surface area contributed by atoms with Crippen molar-refractivity contribution in [1.82, 2.24) is 10.6 Å². The average molecular weight is 593 g/mol. The number of carbonyl (C=O) groups excluding carboxylic acids is 3. The number of nitrogens with one attached hydrogen (secondary N) is 3. The number of phenolic OH excluding ortho intramolecular Hbond substituents is 1. The second-order valence-corrected chi connectivity index (χ2v) is 9.66. The van der Waals surface area contributed by atoms with E-state index < -0.39 is 36.3 Å². The van der Waals surface area contributed by atoms with Crippen LogP contribution in [0.4, 0.5) is 5.69 Å². The zero-order valence-electron chi connectivity index (χ0n) is 20.3. The Morgan fingerprint density at radius 3 is 2.33 bits per heavy atom. The molecule has 0 aliphatic heterocycles. The van der Waals surface area contributed by atoms with Gasteiger partial charge in [0.25, 0.3) is 5.91 Å². The van der Waals surface area contributed by atoms with Gasteiger partial charge in [0.2, 0.25) is 11.8 Å². The van der Waals surface area contributed by atoms with Crippen LogP contribution in [0.5, 0.6) is 5.75 Å². The van der Waals surface area contributed by atoms with Gasteiger partial charge in [0.15, 0.2) is 0 Å². The van der Waals surface area contributed by atoms with Gasteiger partial charge in [-0.2, -0.15) is 0 Å². The molecule has 9 nitrogen and oxygen atoms in total. The Balaban J connectivity index is 1.63. The third-order valence-corrected chi connectivity index (χ3v) is 6.51. The first-order valence-corrected chi connectivity index (χ1v) is 12.8. The second-order valence-electron chi connectivity index (χ2n) is 8.44. The Labute approximate surface area is 239 Å². The highest BCUT2D eigenvalue weighted by atomic mass is 35.5. The number of benzene rings is 3. The molecule has 3 aromatic rings. The lowest BCUT2D eigenvalue weighted by Crippen LogP contribution is -2.48. The summed E-state index contributed by atoms with van der Waals surface area (Å²) < 4.78 is 0. The zero-order valence-corrected chi connectivity index (χ0v) is 22.6. The Morgan fingerprint density at radius 2 is 1.64 bits per heavy atom. The SMILES string of the molecule is O=C(CCc1ccccc1O)NC[C@H](NC(=O)c1c(Cl)ccc(NC(=O)Cc2cccc(Cl)c2)c1Cl)C(=O)O. The summed E-state index contributed by atoms with van der Waals surface area (Å²) in [4.78, 5) is 49.4. The molecule has 0 unspecified atom stereocenters. The highest BCUT2D eigenvalue weighted by molar-refractivity contribution is 6.41. The monoisotopic (exact) mass is 591 g/mol. The first kappa shape index (κ1) is 29.8. The van der Waals surface area contributed by atoms with E-state index in [1.54, 1.807) is 42.5 Å². The number of para-hydroxylation sites is 1. The van der Waals surface area contributed by atoms with Gasteiger partial charge in [-0.1, -0.05) is 65.1 Å². The third kappa shape index (κ3) is 8.61. The third-order valence-electron chi connectivity index (χ3n) is 5.57. The number of phenols is 1. The normalized spacial score (nSPS) is 11.4. The summed E-state index contributed by atoms with van der Waals surface area (Å²) in [5.41, 5.74) is 1.09. The van der Waals surface area contributed by atoms with Crippen LogP contribution in [0.1, 0.15) is 27.9 Å². The van der Waals surface area contributed by atoms with E-state index in [-0.39, 0.29) is 46.3 Å². The van der Waals surface area contributed by atoms with Crippen LogP contribution in [-0.2, 0) is 27.2 Å². The molecule has 0 saturated heterocycles. The van der Waals surface area contributed by atoms with Crippen molar-refractivity contribution in [3.05, 3.63) is 92.4 Å². The van der Waals surface area contributed by atoms with Gasteiger partial charge in [-0.25, -0.2) is 4.79 Å². The molecule has 5 N–H and O–H groups in total. The summed E-state index contributed by atoms with van der Waals surface area (Å²) in [7, 11) is 0. The number of aryl methyl sites for hydroxylation is 1. The molecule has 3 aromatic carbocycles. The fourth-order valence-electron chi connectivity index (χ4n) is 3.59. The highest BCUT2D eigenvalue weighted by Gasteiger charge is 2.25. The van der Waals surface area contributed by atoms with Crippen molar-refractivity contribution in [1.29, 1.82) is 0 Å². The fraction of sp³-hybridized carbons (Fsp3) is 0.185. The van der Waals surface area contributed by atoms with Crippen LogP contribution in [0.2, 0.25) is 15.1 Å². The molecular formula is C27H24Cl3N3O6. The summed E-state index contributed by atoms with van der Waals surface area (Å²) in [5, 5.41) is 26.9.